The van der Waals surface area contributed by atoms with Crippen LogP contribution in [0.4, 0.5) is 0 Å². The number of carbonyl (C=O) groups is 1. The molecule has 1 saturated carbocycles. The first kappa shape index (κ1) is 8.76. The largest absolute Gasteiger partial charge is 0.299 e. The molecule has 1 fully saturated rings. The smallest absolute Gasteiger partial charge is 0.136 e. The van der Waals surface area contributed by atoms with E-state index < -0.39 is 0 Å². The molecule has 1 nitrogen and oxygen atoms in total. The lowest BCUT2D eigenvalue weighted by Gasteiger charge is -2.14. The van der Waals surface area contributed by atoms with Crippen molar-refractivity contribution in [3.63, 3.8) is 0 Å². The zero-order chi connectivity index (χ0) is 8.48. The molecule has 0 bridgehead atoms. The van der Waals surface area contributed by atoms with Crippen LogP contribution in [0.1, 0.15) is 46.5 Å². The van der Waals surface area contributed by atoms with Gasteiger partial charge in [-0.3, -0.25) is 4.79 Å². The fourth-order valence-electron chi connectivity index (χ4n) is 2.08. The number of hydrogen-bond acceptors (Lipinski definition) is 1. The molecule has 0 aliphatic heterocycles. The average Bonchev–Trinajstić information content (AvgIpc) is 2.07. The summed E-state index contributed by atoms with van der Waals surface area (Å²) in [6.07, 6.45) is 4.16. The van der Waals surface area contributed by atoms with E-state index in [0.717, 1.165) is 25.7 Å². The Morgan fingerprint density at radius 2 is 2.18 bits per heavy atom. The van der Waals surface area contributed by atoms with E-state index in [9.17, 15) is 4.79 Å². The molecule has 64 valence electrons. The van der Waals surface area contributed by atoms with Crippen LogP contribution < -0.4 is 0 Å². The van der Waals surface area contributed by atoms with Crippen molar-refractivity contribution in [2.45, 2.75) is 46.5 Å². The van der Waals surface area contributed by atoms with Gasteiger partial charge in [-0.25, -0.2) is 0 Å². The van der Waals surface area contributed by atoms with Gasteiger partial charge in [-0.2, -0.15) is 0 Å². The Morgan fingerprint density at radius 3 is 2.55 bits per heavy atom. The highest BCUT2D eigenvalue weighted by molar-refractivity contribution is 5.83. The molecule has 0 heterocycles. The van der Waals surface area contributed by atoms with Gasteiger partial charge >= 0.3 is 0 Å². The number of ketones is 1. The van der Waals surface area contributed by atoms with Crippen LogP contribution in [0, 0.1) is 11.3 Å². The molecule has 0 saturated heterocycles. The Balaban J connectivity index is 2.52. The maximum absolute atomic E-state index is 11.4. The molecule has 1 heteroatoms. The zero-order valence-electron chi connectivity index (χ0n) is 7.81. The number of carbonyl (C=O) groups excluding carboxylic acids is 1. The summed E-state index contributed by atoms with van der Waals surface area (Å²) in [5.41, 5.74) is 0.289. The van der Waals surface area contributed by atoms with Gasteiger partial charge in [0.05, 0.1) is 0 Å². The topological polar surface area (TPSA) is 17.1 Å². The summed E-state index contributed by atoms with van der Waals surface area (Å²) in [6, 6.07) is 0. The second kappa shape index (κ2) is 2.96. The van der Waals surface area contributed by atoms with Crippen molar-refractivity contribution in [2.24, 2.45) is 11.3 Å². The minimum Gasteiger partial charge on any atom is -0.299 e. The fraction of sp³-hybridized carbons (Fsp3) is 0.900. The van der Waals surface area contributed by atoms with Crippen molar-refractivity contribution >= 4 is 5.78 Å². The van der Waals surface area contributed by atoms with Gasteiger partial charge in [-0.05, 0) is 18.3 Å². The summed E-state index contributed by atoms with van der Waals surface area (Å²) in [5, 5.41) is 0. The van der Waals surface area contributed by atoms with E-state index in [1.54, 1.807) is 0 Å². The van der Waals surface area contributed by atoms with Gasteiger partial charge in [0.25, 0.3) is 0 Å². The molecule has 1 aliphatic rings. The van der Waals surface area contributed by atoms with Crippen LogP contribution in [0.25, 0.3) is 0 Å². The molecule has 0 unspecified atom stereocenters. The van der Waals surface area contributed by atoms with E-state index in [4.69, 9.17) is 0 Å². The molecule has 0 amide bonds. The van der Waals surface area contributed by atoms with Crippen LogP contribution in [0.15, 0.2) is 0 Å². The molecule has 1 rings (SSSR count). The highest BCUT2D eigenvalue weighted by Gasteiger charge is 2.36. The van der Waals surface area contributed by atoms with Crippen molar-refractivity contribution in [2.75, 3.05) is 0 Å². The van der Waals surface area contributed by atoms with Crippen LogP contribution in [0.3, 0.4) is 0 Å². The van der Waals surface area contributed by atoms with Gasteiger partial charge in [0.1, 0.15) is 5.78 Å². The predicted molar refractivity (Wildman–Crippen MR) is 46.4 cm³/mol. The van der Waals surface area contributed by atoms with E-state index in [0.29, 0.717) is 11.7 Å². The Bertz CT molecular complexity index is 158. The van der Waals surface area contributed by atoms with Gasteiger partial charge < -0.3 is 0 Å². The molecular formula is C10H18O. The molecule has 0 aromatic heterocycles. The Labute approximate surface area is 69.2 Å². The molecule has 0 aromatic carbocycles. The van der Waals surface area contributed by atoms with E-state index in [2.05, 4.69) is 20.8 Å². The second-order valence-corrected chi connectivity index (χ2v) is 4.50. The molecule has 1 aliphatic carbocycles. The van der Waals surface area contributed by atoms with Crippen LogP contribution in [0.2, 0.25) is 0 Å². The third kappa shape index (κ3) is 2.05. The van der Waals surface area contributed by atoms with E-state index >= 15 is 0 Å². The zero-order valence-corrected chi connectivity index (χ0v) is 7.81. The highest BCUT2D eigenvalue weighted by Crippen LogP contribution is 2.40. The SMILES string of the molecule is CCC[C@@H]1CC(C)(C)CC1=O. The van der Waals surface area contributed by atoms with Crippen LogP contribution in [-0.4, -0.2) is 5.78 Å². The lowest BCUT2D eigenvalue weighted by Crippen LogP contribution is -2.05. The first-order valence-corrected chi connectivity index (χ1v) is 4.58. The van der Waals surface area contributed by atoms with E-state index in [-0.39, 0.29) is 5.41 Å². The quantitative estimate of drug-likeness (QED) is 0.597. The fourth-order valence-corrected chi connectivity index (χ4v) is 2.08. The van der Waals surface area contributed by atoms with Gasteiger partial charge in [-0.1, -0.05) is 27.2 Å². The summed E-state index contributed by atoms with van der Waals surface area (Å²) in [5.74, 6) is 0.881. The molecule has 1 atom stereocenters. The lowest BCUT2D eigenvalue weighted by atomic mass is 9.90. The number of Topliss-reactive ketones (excluding diaryl/α,β-unsaturated/α-hetero) is 1. The van der Waals surface area contributed by atoms with Crippen molar-refractivity contribution in [1.29, 1.82) is 0 Å². The summed E-state index contributed by atoms with van der Waals surface area (Å²) >= 11 is 0. The molecule has 11 heavy (non-hydrogen) atoms. The summed E-state index contributed by atoms with van der Waals surface area (Å²) in [4.78, 5) is 11.4. The summed E-state index contributed by atoms with van der Waals surface area (Å²) in [7, 11) is 0. The minimum atomic E-state index is 0.289. The minimum absolute atomic E-state index is 0.289. The van der Waals surface area contributed by atoms with Crippen molar-refractivity contribution in [1.82, 2.24) is 0 Å². The molecule has 0 radical (unpaired) electrons. The first-order chi connectivity index (χ1) is 5.05. The van der Waals surface area contributed by atoms with Gasteiger partial charge in [0.15, 0.2) is 0 Å². The highest BCUT2D eigenvalue weighted by atomic mass is 16.1. The van der Waals surface area contributed by atoms with Crippen molar-refractivity contribution in [3.8, 4) is 0 Å². The van der Waals surface area contributed by atoms with E-state index in [1.807, 2.05) is 0 Å². The third-order valence-electron chi connectivity index (χ3n) is 2.54. The normalized spacial score (nSPS) is 29.4. The van der Waals surface area contributed by atoms with Crippen LogP contribution in [-0.2, 0) is 4.79 Å². The summed E-state index contributed by atoms with van der Waals surface area (Å²) in [6.45, 7) is 6.54. The van der Waals surface area contributed by atoms with Crippen LogP contribution >= 0.6 is 0 Å². The van der Waals surface area contributed by atoms with Gasteiger partial charge in [-0.15, -0.1) is 0 Å². The Morgan fingerprint density at radius 1 is 1.55 bits per heavy atom. The maximum atomic E-state index is 11.4. The van der Waals surface area contributed by atoms with Crippen molar-refractivity contribution in [3.05, 3.63) is 0 Å². The maximum Gasteiger partial charge on any atom is 0.136 e. The lowest BCUT2D eigenvalue weighted by molar-refractivity contribution is -0.121. The van der Waals surface area contributed by atoms with Crippen LogP contribution in [0.5, 0.6) is 0 Å². The molecule has 0 aromatic rings. The predicted octanol–water partition coefficient (Wildman–Crippen LogP) is 2.79. The van der Waals surface area contributed by atoms with Gasteiger partial charge in [0.2, 0.25) is 0 Å². The standard InChI is InChI=1S/C10H18O/c1-4-5-8-6-10(2,3)7-9(8)11/h8H,4-7H2,1-3H3/t8-/m1/s1. The summed E-state index contributed by atoms with van der Waals surface area (Å²) < 4.78 is 0. The van der Waals surface area contributed by atoms with E-state index in [1.165, 1.54) is 0 Å². The second-order valence-electron chi connectivity index (χ2n) is 4.50. The Kier molecular flexibility index (Phi) is 2.36. The average molecular weight is 154 g/mol. The monoisotopic (exact) mass is 154 g/mol. The first-order valence-electron chi connectivity index (χ1n) is 4.58. The third-order valence-corrected chi connectivity index (χ3v) is 2.54. The molecular weight excluding hydrogens is 136 g/mol. The molecule has 0 N–H and O–H groups in total. The van der Waals surface area contributed by atoms with Gasteiger partial charge in [0, 0.05) is 12.3 Å². The number of hydrogen-bond donors (Lipinski definition) is 0. The van der Waals surface area contributed by atoms with Crippen molar-refractivity contribution < 1.29 is 4.79 Å². The number of rotatable bonds is 2. The molecule has 0 spiro atoms. The Hall–Kier alpha value is -0.330.